The van der Waals surface area contributed by atoms with Crippen LogP contribution >= 0.6 is 0 Å². The summed E-state index contributed by atoms with van der Waals surface area (Å²) in [4.78, 5) is 45.8. The van der Waals surface area contributed by atoms with E-state index in [0.717, 1.165) is 62.3 Å². The topological polar surface area (TPSA) is 78.8 Å². The first-order valence-corrected chi connectivity index (χ1v) is 13.4. The van der Waals surface area contributed by atoms with Crippen molar-refractivity contribution in [2.24, 2.45) is 5.92 Å². The van der Waals surface area contributed by atoms with Crippen LogP contribution in [0.1, 0.15) is 77.6 Å². The molecule has 2 fully saturated rings. The normalized spacial score (nSPS) is 22.4. The lowest BCUT2D eigenvalue weighted by Gasteiger charge is -2.41. The van der Waals surface area contributed by atoms with Gasteiger partial charge < -0.3 is 9.80 Å². The Bertz CT molecular complexity index is 1170. The van der Waals surface area contributed by atoms with Crippen molar-refractivity contribution >= 4 is 23.4 Å². The number of aryl methyl sites for hydroxylation is 2. The Hall–Kier alpha value is -3.16. The van der Waals surface area contributed by atoms with Gasteiger partial charge in [0.05, 0.1) is 35.0 Å². The van der Waals surface area contributed by atoms with Crippen LogP contribution in [0.15, 0.2) is 24.3 Å². The number of benzene rings is 1. The van der Waals surface area contributed by atoms with E-state index in [0.29, 0.717) is 30.3 Å². The molecule has 0 spiro atoms. The van der Waals surface area contributed by atoms with Gasteiger partial charge in [0.2, 0.25) is 5.91 Å². The van der Waals surface area contributed by atoms with E-state index in [4.69, 9.17) is 0 Å². The summed E-state index contributed by atoms with van der Waals surface area (Å²) in [6.07, 6.45) is 6.14. The van der Waals surface area contributed by atoms with Gasteiger partial charge in [-0.25, -0.2) is 0 Å². The predicted octanol–water partition coefficient (Wildman–Crippen LogP) is 3.80. The van der Waals surface area contributed by atoms with E-state index < -0.39 is 0 Å². The molecule has 8 heteroatoms. The molecular formula is C28H37N5O3. The number of likely N-dealkylation sites (tertiary alicyclic amines) is 1. The van der Waals surface area contributed by atoms with E-state index in [1.165, 1.54) is 11.3 Å². The third-order valence-corrected chi connectivity index (χ3v) is 8.11. The molecule has 2 saturated heterocycles. The van der Waals surface area contributed by atoms with Crippen molar-refractivity contribution in [3.63, 3.8) is 0 Å². The van der Waals surface area contributed by atoms with Crippen molar-refractivity contribution in [2.45, 2.75) is 71.9 Å². The fraction of sp³-hybridized carbons (Fsp3) is 0.571. The Labute approximate surface area is 213 Å². The number of hydrogen-bond acceptors (Lipinski definition) is 5. The zero-order valence-electron chi connectivity index (χ0n) is 21.7. The zero-order chi connectivity index (χ0) is 25.4. The maximum Gasteiger partial charge on any atom is 0.263 e. The van der Waals surface area contributed by atoms with Crippen molar-refractivity contribution in [3.8, 4) is 0 Å². The maximum absolute atomic E-state index is 13.5. The molecule has 3 aliphatic heterocycles. The zero-order valence-corrected chi connectivity index (χ0v) is 21.7. The Balaban J connectivity index is 1.33. The lowest BCUT2D eigenvalue weighted by Crippen LogP contribution is -2.50. The van der Waals surface area contributed by atoms with Gasteiger partial charge in [0.1, 0.15) is 0 Å². The van der Waals surface area contributed by atoms with Gasteiger partial charge in [-0.1, -0.05) is 13.0 Å². The van der Waals surface area contributed by atoms with Gasteiger partial charge in [-0.05, 0) is 70.6 Å². The lowest BCUT2D eigenvalue weighted by atomic mass is 9.92. The molecule has 0 aliphatic carbocycles. The number of imide groups is 1. The van der Waals surface area contributed by atoms with Crippen LogP contribution in [0.25, 0.3) is 0 Å². The maximum atomic E-state index is 13.5. The summed E-state index contributed by atoms with van der Waals surface area (Å²) in [5, 5.41) is 4.46. The summed E-state index contributed by atoms with van der Waals surface area (Å²) in [5.74, 6) is -0.311. The summed E-state index contributed by atoms with van der Waals surface area (Å²) in [5.41, 5.74) is 3.64. The summed E-state index contributed by atoms with van der Waals surface area (Å²) >= 11 is 0. The Morgan fingerprint density at radius 3 is 2.61 bits per heavy atom. The number of aromatic nitrogens is 2. The summed E-state index contributed by atoms with van der Waals surface area (Å²) in [6.45, 7) is 9.05. The number of rotatable bonds is 6. The van der Waals surface area contributed by atoms with Crippen LogP contribution in [-0.2, 0) is 11.3 Å². The van der Waals surface area contributed by atoms with Crippen LogP contribution in [0.3, 0.4) is 0 Å². The van der Waals surface area contributed by atoms with Gasteiger partial charge in [-0.15, -0.1) is 0 Å². The van der Waals surface area contributed by atoms with Crippen LogP contribution in [0, 0.1) is 19.8 Å². The quantitative estimate of drug-likeness (QED) is 0.575. The minimum absolute atomic E-state index is 0.0731. The monoisotopic (exact) mass is 491 g/mol. The first-order valence-electron chi connectivity index (χ1n) is 13.4. The molecular weight excluding hydrogens is 454 g/mol. The fourth-order valence-corrected chi connectivity index (χ4v) is 6.23. The third-order valence-electron chi connectivity index (χ3n) is 8.11. The van der Waals surface area contributed by atoms with Crippen molar-refractivity contribution < 1.29 is 14.4 Å². The van der Waals surface area contributed by atoms with E-state index in [1.54, 1.807) is 6.07 Å². The van der Waals surface area contributed by atoms with E-state index in [-0.39, 0.29) is 30.2 Å². The van der Waals surface area contributed by atoms with Gasteiger partial charge in [-0.3, -0.25) is 24.0 Å². The van der Waals surface area contributed by atoms with Crippen LogP contribution in [0.2, 0.25) is 0 Å². The fourth-order valence-electron chi connectivity index (χ4n) is 6.23. The standard InChI is InChI=1S/C28H37N5O3/c1-4-22-10-5-6-14-31(22)26(34)21-9-8-13-30(18-21)24-12-7-11-23-25(24)28(36)32(27(23)35)15-16-33-20(3)17-19(2)29-33/h7,11-12,17,21-22H,4-6,8-10,13-16,18H2,1-3H3/t21-,22-/m1/s1. The minimum atomic E-state index is -0.248. The number of carbonyl (C=O) groups excluding carboxylic acids is 3. The molecule has 0 N–H and O–H groups in total. The Kier molecular flexibility index (Phi) is 6.86. The highest BCUT2D eigenvalue weighted by molar-refractivity contribution is 6.23. The van der Waals surface area contributed by atoms with Crippen LogP contribution < -0.4 is 4.90 Å². The molecule has 192 valence electrons. The van der Waals surface area contributed by atoms with E-state index in [1.807, 2.05) is 36.7 Å². The number of piperidine rings is 2. The second-order valence-electron chi connectivity index (χ2n) is 10.5. The highest BCUT2D eigenvalue weighted by Gasteiger charge is 2.40. The second-order valence-corrected chi connectivity index (χ2v) is 10.5. The van der Waals surface area contributed by atoms with Crippen LogP contribution in [0.5, 0.6) is 0 Å². The molecule has 0 saturated carbocycles. The molecule has 0 radical (unpaired) electrons. The number of anilines is 1. The van der Waals surface area contributed by atoms with Gasteiger partial charge in [-0.2, -0.15) is 5.10 Å². The van der Waals surface area contributed by atoms with E-state index in [2.05, 4.69) is 21.8 Å². The van der Waals surface area contributed by atoms with Crippen molar-refractivity contribution in [3.05, 3.63) is 46.8 Å². The summed E-state index contributed by atoms with van der Waals surface area (Å²) in [6, 6.07) is 7.86. The molecule has 8 nitrogen and oxygen atoms in total. The van der Waals surface area contributed by atoms with Crippen LogP contribution in [-0.4, -0.2) is 69.5 Å². The highest BCUT2D eigenvalue weighted by Crippen LogP contribution is 2.35. The molecule has 2 aromatic rings. The predicted molar refractivity (Wildman–Crippen MR) is 138 cm³/mol. The summed E-state index contributed by atoms with van der Waals surface area (Å²) < 4.78 is 1.84. The van der Waals surface area contributed by atoms with E-state index >= 15 is 0 Å². The average Bonchev–Trinajstić information content (AvgIpc) is 3.35. The Morgan fingerprint density at radius 1 is 1.03 bits per heavy atom. The van der Waals surface area contributed by atoms with Gasteiger partial charge in [0.25, 0.3) is 11.8 Å². The number of nitrogens with zero attached hydrogens (tertiary/aromatic N) is 5. The molecule has 5 rings (SSSR count). The molecule has 0 bridgehead atoms. The van der Waals surface area contributed by atoms with Gasteiger partial charge in [0.15, 0.2) is 0 Å². The minimum Gasteiger partial charge on any atom is -0.370 e. The molecule has 1 aromatic heterocycles. The largest absolute Gasteiger partial charge is 0.370 e. The third kappa shape index (κ3) is 4.42. The van der Waals surface area contributed by atoms with Gasteiger partial charge in [0, 0.05) is 37.9 Å². The first-order chi connectivity index (χ1) is 17.4. The lowest BCUT2D eigenvalue weighted by molar-refractivity contribution is -0.139. The average molecular weight is 492 g/mol. The van der Waals surface area contributed by atoms with Crippen molar-refractivity contribution in [2.75, 3.05) is 31.1 Å². The molecule has 3 aliphatic rings. The number of amides is 3. The molecule has 4 heterocycles. The SMILES string of the molecule is CC[C@@H]1CCCCN1C(=O)[C@@H]1CCCN(c2cccc3c2C(=O)N(CCn2nc(C)cc2C)C3=O)C1. The molecule has 0 unspecified atom stereocenters. The number of hydrogen-bond donors (Lipinski definition) is 0. The highest BCUT2D eigenvalue weighted by atomic mass is 16.2. The van der Waals surface area contributed by atoms with E-state index in [9.17, 15) is 14.4 Å². The molecule has 2 atom stereocenters. The molecule has 1 aromatic carbocycles. The first kappa shape index (κ1) is 24.5. The van der Waals surface area contributed by atoms with Crippen LogP contribution in [0.4, 0.5) is 5.69 Å². The van der Waals surface area contributed by atoms with Crippen molar-refractivity contribution in [1.29, 1.82) is 0 Å². The number of fused-ring (bicyclic) bond motifs is 1. The summed E-state index contributed by atoms with van der Waals surface area (Å²) in [7, 11) is 0. The Morgan fingerprint density at radius 2 is 1.86 bits per heavy atom. The smallest absolute Gasteiger partial charge is 0.263 e. The van der Waals surface area contributed by atoms with Gasteiger partial charge >= 0.3 is 0 Å². The number of carbonyl (C=O) groups is 3. The van der Waals surface area contributed by atoms with Crippen molar-refractivity contribution in [1.82, 2.24) is 19.6 Å². The molecule has 36 heavy (non-hydrogen) atoms. The second kappa shape index (κ2) is 10.1. The molecule has 3 amide bonds.